The third kappa shape index (κ3) is 17.5. The standard InChI is InChI=1S/C11H16F3N3O.C10H20N2/c1-8(4-6-15)17-10(18)9(7-16)3-2-5-11(12,13)14;1-5-7-8-12(11)9-10(3,4)6-2/h2,4-9,16H,3,15H2,1H3,(H,17,18);5,7-8H,1,6,9,11H2,2-4H3/b5-2+,6-4+,16-7?;8-7+. The van der Waals surface area contributed by atoms with Gasteiger partial charge in [0.25, 0.3) is 0 Å². The van der Waals surface area contributed by atoms with Crippen LogP contribution >= 0.6 is 0 Å². The lowest BCUT2D eigenvalue weighted by atomic mass is 9.90. The van der Waals surface area contributed by atoms with Crippen molar-refractivity contribution in [3.05, 3.63) is 49.4 Å². The molecule has 30 heavy (non-hydrogen) atoms. The number of allylic oxidation sites excluding steroid dienone is 4. The molecular weight excluding hydrogens is 395 g/mol. The van der Waals surface area contributed by atoms with Crippen molar-refractivity contribution in [3.8, 4) is 0 Å². The van der Waals surface area contributed by atoms with E-state index < -0.39 is 18.0 Å². The molecule has 0 spiro atoms. The molecule has 0 aromatic rings. The summed E-state index contributed by atoms with van der Waals surface area (Å²) in [7, 11) is 0. The predicted molar refractivity (Wildman–Crippen MR) is 117 cm³/mol. The molecule has 0 saturated heterocycles. The van der Waals surface area contributed by atoms with Crippen LogP contribution in [0.1, 0.15) is 40.5 Å². The molecule has 2 atom stereocenters. The van der Waals surface area contributed by atoms with E-state index in [1.54, 1.807) is 18.0 Å². The highest BCUT2D eigenvalue weighted by molar-refractivity contribution is 5.92. The first-order chi connectivity index (χ1) is 13.8. The second-order valence-corrected chi connectivity index (χ2v) is 7.40. The fourth-order valence-electron chi connectivity index (χ4n) is 1.98. The first kappa shape index (κ1) is 29.6. The summed E-state index contributed by atoms with van der Waals surface area (Å²) in [5.41, 5.74) is 5.41. The van der Waals surface area contributed by atoms with E-state index in [9.17, 15) is 18.0 Å². The zero-order valence-corrected chi connectivity index (χ0v) is 18.2. The van der Waals surface area contributed by atoms with Gasteiger partial charge in [-0.1, -0.05) is 39.5 Å². The number of hydrogen-bond acceptors (Lipinski definition) is 5. The van der Waals surface area contributed by atoms with Crippen LogP contribution in [-0.4, -0.2) is 35.9 Å². The minimum Gasteiger partial charge on any atom is -0.405 e. The molecule has 0 bridgehead atoms. The summed E-state index contributed by atoms with van der Waals surface area (Å²) >= 11 is 0. The highest BCUT2D eigenvalue weighted by Gasteiger charge is 2.23. The van der Waals surface area contributed by atoms with Gasteiger partial charge < -0.3 is 21.5 Å². The Kier molecular flexibility index (Phi) is 15.1. The molecule has 0 rings (SSSR count). The van der Waals surface area contributed by atoms with Gasteiger partial charge in [0, 0.05) is 31.1 Å². The number of nitrogens with two attached hydrogens (primary N) is 2. The minimum atomic E-state index is -4.40. The Balaban J connectivity index is 0. The number of hydrazine groups is 1. The van der Waals surface area contributed by atoms with Crippen molar-refractivity contribution in [2.45, 2.75) is 52.8 Å². The largest absolute Gasteiger partial charge is 0.409 e. The molecule has 0 aromatic heterocycles. The molecule has 172 valence electrons. The molecular formula is C21H36F3N5O. The highest BCUT2D eigenvalue weighted by atomic mass is 19.4. The van der Waals surface area contributed by atoms with Gasteiger partial charge in [-0.25, -0.2) is 5.84 Å². The summed E-state index contributed by atoms with van der Waals surface area (Å²) in [5.74, 6) is 4.29. The van der Waals surface area contributed by atoms with E-state index in [0.717, 1.165) is 25.3 Å². The molecule has 0 fully saturated rings. The van der Waals surface area contributed by atoms with Crippen molar-refractivity contribution in [1.29, 1.82) is 5.41 Å². The Bertz CT molecular complexity index is 598. The molecule has 0 aliphatic rings. The zero-order chi connectivity index (χ0) is 23.8. The quantitative estimate of drug-likeness (QED) is 0.130. The SMILES string of the molecule is C=C/C=C/N(N)CC(C)(C)CC.CC(/C=C/N)NC(=O)C(C=N)C/C=C/C(F)(F)F. The molecule has 6 N–H and O–H groups in total. The zero-order valence-electron chi connectivity index (χ0n) is 18.2. The predicted octanol–water partition coefficient (Wildman–Crippen LogP) is 4.04. The third-order valence-electron chi connectivity index (χ3n) is 3.99. The number of carbonyl (C=O) groups is 1. The Morgan fingerprint density at radius 2 is 1.93 bits per heavy atom. The number of hydrogen-bond donors (Lipinski definition) is 4. The molecule has 0 saturated carbocycles. The Morgan fingerprint density at radius 1 is 1.33 bits per heavy atom. The van der Waals surface area contributed by atoms with Crippen LogP contribution in [0.5, 0.6) is 0 Å². The summed E-state index contributed by atoms with van der Waals surface area (Å²) in [6, 6.07) is -0.337. The van der Waals surface area contributed by atoms with Gasteiger partial charge in [0.15, 0.2) is 0 Å². The van der Waals surface area contributed by atoms with Gasteiger partial charge in [0.2, 0.25) is 5.91 Å². The van der Waals surface area contributed by atoms with E-state index in [-0.39, 0.29) is 24.0 Å². The van der Waals surface area contributed by atoms with Crippen LogP contribution in [0.25, 0.3) is 0 Å². The molecule has 0 radical (unpaired) electrons. The fourth-order valence-corrected chi connectivity index (χ4v) is 1.98. The van der Waals surface area contributed by atoms with Gasteiger partial charge in [0.05, 0.1) is 5.92 Å². The van der Waals surface area contributed by atoms with Gasteiger partial charge in [-0.05, 0) is 43.5 Å². The van der Waals surface area contributed by atoms with Crippen LogP contribution in [0.3, 0.4) is 0 Å². The molecule has 0 heterocycles. The second-order valence-electron chi connectivity index (χ2n) is 7.40. The molecule has 0 aliphatic heterocycles. The number of nitrogens with zero attached hydrogens (tertiary/aromatic N) is 1. The molecule has 9 heteroatoms. The normalized spacial score (nSPS) is 14.3. The molecule has 6 nitrogen and oxygen atoms in total. The van der Waals surface area contributed by atoms with Crippen molar-refractivity contribution in [1.82, 2.24) is 10.3 Å². The van der Waals surface area contributed by atoms with Crippen LogP contribution in [0, 0.1) is 16.7 Å². The Hall–Kier alpha value is -2.55. The number of amides is 1. The van der Waals surface area contributed by atoms with Gasteiger partial charge in [-0.15, -0.1) is 0 Å². The average molecular weight is 432 g/mol. The van der Waals surface area contributed by atoms with Gasteiger partial charge in [-0.3, -0.25) is 4.79 Å². The molecule has 2 unspecified atom stereocenters. The maximum atomic E-state index is 11.9. The highest BCUT2D eigenvalue weighted by Crippen LogP contribution is 2.19. The minimum absolute atomic E-state index is 0.0555. The van der Waals surface area contributed by atoms with Crippen LogP contribution in [0.2, 0.25) is 0 Å². The van der Waals surface area contributed by atoms with Gasteiger partial charge in [0.1, 0.15) is 0 Å². The van der Waals surface area contributed by atoms with E-state index in [2.05, 4.69) is 32.7 Å². The molecule has 1 amide bonds. The smallest absolute Gasteiger partial charge is 0.405 e. The summed E-state index contributed by atoms with van der Waals surface area (Å²) in [4.78, 5) is 11.6. The van der Waals surface area contributed by atoms with Crippen molar-refractivity contribution in [3.63, 3.8) is 0 Å². The number of rotatable bonds is 11. The third-order valence-corrected chi connectivity index (χ3v) is 3.99. The summed E-state index contributed by atoms with van der Waals surface area (Å²) < 4.78 is 35.6. The van der Waals surface area contributed by atoms with Gasteiger partial charge >= 0.3 is 6.18 Å². The second kappa shape index (κ2) is 15.3. The number of halogens is 3. The summed E-state index contributed by atoms with van der Waals surface area (Å²) in [5, 5.41) is 11.2. The van der Waals surface area contributed by atoms with Crippen LogP contribution in [0.4, 0.5) is 13.2 Å². The van der Waals surface area contributed by atoms with Crippen LogP contribution in [-0.2, 0) is 4.79 Å². The van der Waals surface area contributed by atoms with E-state index >= 15 is 0 Å². The lowest BCUT2D eigenvalue weighted by Gasteiger charge is -2.27. The first-order valence-corrected chi connectivity index (χ1v) is 9.56. The summed E-state index contributed by atoms with van der Waals surface area (Å²) in [6.07, 6.45) is 6.43. The van der Waals surface area contributed by atoms with Crippen molar-refractivity contribution in [2.24, 2.45) is 22.9 Å². The number of nitrogens with one attached hydrogen (secondary N) is 2. The summed E-state index contributed by atoms with van der Waals surface area (Å²) in [6.45, 7) is 12.7. The Morgan fingerprint density at radius 3 is 2.37 bits per heavy atom. The Labute approximate surface area is 178 Å². The topological polar surface area (TPSA) is 108 Å². The molecule has 0 aliphatic carbocycles. The van der Waals surface area contributed by atoms with E-state index in [0.29, 0.717) is 0 Å². The number of carbonyl (C=O) groups excluding carboxylic acids is 1. The maximum Gasteiger partial charge on any atom is 0.409 e. The first-order valence-electron chi connectivity index (χ1n) is 9.56. The number of alkyl halides is 3. The lowest BCUT2D eigenvalue weighted by Crippen LogP contribution is -2.36. The van der Waals surface area contributed by atoms with E-state index in [1.807, 2.05) is 12.3 Å². The van der Waals surface area contributed by atoms with Crippen LogP contribution in [0.15, 0.2) is 49.4 Å². The van der Waals surface area contributed by atoms with Crippen LogP contribution < -0.4 is 16.9 Å². The maximum absolute atomic E-state index is 11.9. The molecule has 0 aromatic carbocycles. The van der Waals surface area contributed by atoms with E-state index in [1.165, 1.54) is 12.3 Å². The van der Waals surface area contributed by atoms with Crippen molar-refractivity contribution in [2.75, 3.05) is 6.54 Å². The monoisotopic (exact) mass is 431 g/mol. The lowest BCUT2D eigenvalue weighted by molar-refractivity contribution is -0.123. The van der Waals surface area contributed by atoms with Crippen molar-refractivity contribution < 1.29 is 18.0 Å². The fraction of sp³-hybridized carbons (Fsp3) is 0.524. The van der Waals surface area contributed by atoms with E-state index in [4.69, 9.17) is 17.0 Å². The average Bonchev–Trinajstić information content (AvgIpc) is 2.63. The van der Waals surface area contributed by atoms with Gasteiger partial charge in [-0.2, -0.15) is 13.2 Å². The van der Waals surface area contributed by atoms with Crippen molar-refractivity contribution >= 4 is 12.1 Å².